The smallest absolute Gasteiger partial charge is 0.315 e. The molecule has 21 heavy (non-hydrogen) atoms. The summed E-state index contributed by atoms with van der Waals surface area (Å²) in [6.07, 6.45) is 4.44. The Hall–Kier alpha value is -2.20. The Labute approximate surface area is 129 Å². The van der Waals surface area contributed by atoms with Gasteiger partial charge in [0.05, 0.1) is 5.69 Å². The zero-order valence-electron chi connectivity index (χ0n) is 11.9. The quantitative estimate of drug-likeness (QED) is 0.825. The number of hydrogen-bond donors (Lipinski definition) is 2. The van der Waals surface area contributed by atoms with E-state index in [1.165, 1.54) is 0 Å². The highest BCUT2D eigenvalue weighted by Gasteiger charge is 2.06. The van der Waals surface area contributed by atoms with Crippen molar-refractivity contribution in [3.63, 3.8) is 0 Å². The number of urea groups is 1. The molecule has 0 heterocycles. The number of allylic oxidation sites excluding steroid dienone is 1. The van der Waals surface area contributed by atoms with Gasteiger partial charge in [0.1, 0.15) is 0 Å². The molecule has 2 N–H and O–H groups in total. The minimum Gasteiger partial charge on any atom is -0.315 e. The standard InChI is InChI=1S/C17H18N2OS/c1-2-3-13-18-17(20)19-15-11-7-8-12-16(15)21-14-9-5-4-6-10-14/h3-13H,2H2,1H3,(H2,18,19,20)/b13-3+. The van der Waals surface area contributed by atoms with E-state index in [0.29, 0.717) is 0 Å². The van der Waals surface area contributed by atoms with Crippen LogP contribution in [0.3, 0.4) is 0 Å². The van der Waals surface area contributed by atoms with Gasteiger partial charge in [-0.15, -0.1) is 0 Å². The summed E-state index contributed by atoms with van der Waals surface area (Å²) >= 11 is 1.62. The first-order chi connectivity index (χ1) is 10.3. The van der Waals surface area contributed by atoms with E-state index in [0.717, 1.165) is 21.9 Å². The molecule has 2 amide bonds. The Kier molecular flexibility index (Phi) is 5.91. The molecule has 0 radical (unpaired) electrons. The lowest BCUT2D eigenvalue weighted by atomic mass is 10.3. The highest BCUT2D eigenvalue weighted by Crippen LogP contribution is 2.32. The molecule has 0 aliphatic heterocycles. The zero-order chi connectivity index (χ0) is 14.9. The lowest BCUT2D eigenvalue weighted by Gasteiger charge is -2.10. The summed E-state index contributed by atoms with van der Waals surface area (Å²) in [6, 6.07) is 17.6. The lowest BCUT2D eigenvalue weighted by molar-refractivity contribution is 0.255. The first-order valence-corrected chi connectivity index (χ1v) is 7.65. The van der Waals surface area contributed by atoms with Gasteiger partial charge < -0.3 is 10.6 Å². The van der Waals surface area contributed by atoms with Gasteiger partial charge in [0.15, 0.2) is 0 Å². The third kappa shape index (κ3) is 5.00. The highest BCUT2D eigenvalue weighted by molar-refractivity contribution is 7.99. The molecule has 2 aromatic rings. The SMILES string of the molecule is CC/C=C/NC(=O)Nc1ccccc1Sc1ccccc1. The average molecular weight is 298 g/mol. The van der Waals surface area contributed by atoms with Gasteiger partial charge in [-0.05, 0) is 30.7 Å². The van der Waals surface area contributed by atoms with E-state index >= 15 is 0 Å². The molecule has 0 saturated carbocycles. The summed E-state index contributed by atoms with van der Waals surface area (Å²) in [5.41, 5.74) is 0.800. The molecule has 0 fully saturated rings. The molecular formula is C17H18N2OS. The van der Waals surface area contributed by atoms with Crippen molar-refractivity contribution >= 4 is 23.5 Å². The van der Waals surface area contributed by atoms with Crippen molar-refractivity contribution in [2.75, 3.05) is 5.32 Å². The third-order valence-electron chi connectivity index (χ3n) is 2.67. The van der Waals surface area contributed by atoms with Gasteiger partial charge in [0.25, 0.3) is 0 Å². The van der Waals surface area contributed by atoms with Crippen LogP contribution in [0.4, 0.5) is 10.5 Å². The number of hydrogen-bond acceptors (Lipinski definition) is 2. The predicted molar refractivity (Wildman–Crippen MR) is 88.6 cm³/mol. The maximum atomic E-state index is 11.8. The number of carbonyl (C=O) groups is 1. The van der Waals surface area contributed by atoms with Gasteiger partial charge in [-0.3, -0.25) is 0 Å². The summed E-state index contributed by atoms with van der Waals surface area (Å²) in [6.45, 7) is 2.02. The Morgan fingerprint density at radius 1 is 1.10 bits per heavy atom. The van der Waals surface area contributed by atoms with E-state index in [1.807, 2.05) is 67.6 Å². The second-order valence-corrected chi connectivity index (χ2v) is 5.44. The van der Waals surface area contributed by atoms with Crippen molar-refractivity contribution < 1.29 is 4.79 Å². The largest absolute Gasteiger partial charge is 0.323 e. The van der Waals surface area contributed by atoms with Crippen molar-refractivity contribution in [3.05, 3.63) is 66.9 Å². The fourth-order valence-electron chi connectivity index (χ4n) is 1.69. The van der Waals surface area contributed by atoms with Gasteiger partial charge >= 0.3 is 6.03 Å². The van der Waals surface area contributed by atoms with Gasteiger partial charge in [0.2, 0.25) is 0 Å². The van der Waals surface area contributed by atoms with Crippen LogP contribution in [0.15, 0.2) is 76.7 Å². The van der Waals surface area contributed by atoms with E-state index in [9.17, 15) is 4.79 Å². The normalized spacial score (nSPS) is 10.5. The number of para-hydroxylation sites is 1. The molecule has 0 unspecified atom stereocenters. The molecule has 2 aromatic carbocycles. The Balaban J connectivity index is 2.06. The molecule has 0 spiro atoms. The monoisotopic (exact) mass is 298 g/mol. The van der Waals surface area contributed by atoms with Crippen LogP contribution >= 0.6 is 11.8 Å². The van der Waals surface area contributed by atoms with Gasteiger partial charge in [-0.2, -0.15) is 0 Å². The second-order valence-electron chi connectivity index (χ2n) is 4.32. The van der Waals surface area contributed by atoms with Gasteiger partial charge in [-0.1, -0.05) is 55.1 Å². The minimum atomic E-state index is -0.235. The van der Waals surface area contributed by atoms with E-state index in [-0.39, 0.29) is 6.03 Å². The van der Waals surface area contributed by atoms with E-state index in [4.69, 9.17) is 0 Å². The maximum absolute atomic E-state index is 11.8. The molecule has 0 saturated heterocycles. The van der Waals surface area contributed by atoms with Gasteiger partial charge in [-0.25, -0.2) is 4.79 Å². The van der Waals surface area contributed by atoms with Crippen LogP contribution in [0.25, 0.3) is 0 Å². The number of rotatable bonds is 5. The van der Waals surface area contributed by atoms with Crippen LogP contribution in [0.5, 0.6) is 0 Å². The molecule has 4 heteroatoms. The molecule has 0 aliphatic rings. The fourth-order valence-corrected chi connectivity index (χ4v) is 2.61. The molecule has 0 atom stereocenters. The fraction of sp³-hybridized carbons (Fsp3) is 0.118. The molecule has 3 nitrogen and oxygen atoms in total. The third-order valence-corrected chi connectivity index (χ3v) is 3.76. The van der Waals surface area contributed by atoms with Crippen molar-refractivity contribution in [1.29, 1.82) is 0 Å². The van der Waals surface area contributed by atoms with Crippen LogP contribution < -0.4 is 10.6 Å². The van der Waals surface area contributed by atoms with E-state index < -0.39 is 0 Å². The summed E-state index contributed by atoms with van der Waals surface area (Å²) in [7, 11) is 0. The predicted octanol–water partition coefficient (Wildman–Crippen LogP) is 4.88. The zero-order valence-corrected chi connectivity index (χ0v) is 12.7. The molecule has 108 valence electrons. The van der Waals surface area contributed by atoms with Crippen molar-refractivity contribution in [3.8, 4) is 0 Å². The first kappa shape index (κ1) is 15.2. The molecular weight excluding hydrogens is 280 g/mol. The Morgan fingerprint density at radius 3 is 2.57 bits per heavy atom. The molecule has 0 aliphatic carbocycles. The highest BCUT2D eigenvalue weighted by atomic mass is 32.2. The summed E-state index contributed by atoms with van der Waals surface area (Å²) in [4.78, 5) is 14.0. The average Bonchev–Trinajstić information content (AvgIpc) is 2.51. The minimum absolute atomic E-state index is 0.235. The van der Waals surface area contributed by atoms with E-state index in [2.05, 4.69) is 10.6 Å². The summed E-state index contributed by atoms with van der Waals surface area (Å²) in [5, 5.41) is 5.55. The number of carbonyl (C=O) groups excluding carboxylic acids is 1. The van der Waals surface area contributed by atoms with Crippen molar-refractivity contribution in [1.82, 2.24) is 5.32 Å². The Morgan fingerprint density at radius 2 is 1.81 bits per heavy atom. The van der Waals surface area contributed by atoms with Crippen LogP contribution in [0, 0.1) is 0 Å². The van der Waals surface area contributed by atoms with Crippen molar-refractivity contribution in [2.24, 2.45) is 0 Å². The number of amides is 2. The number of anilines is 1. The van der Waals surface area contributed by atoms with E-state index in [1.54, 1.807) is 18.0 Å². The lowest BCUT2D eigenvalue weighted by Crippen LogP contribution is -2.24. The number of benzene rings is 2. The Bertz CT molecular complexity index is 611. The number of nitrogens with one attached hydrogen (secondary N) is 2. The summed E-state index contributed by atoms with van der Waals surface area (Å²) < 4.78 is 0. The van der Waals surface area contributed by atoms with Crippen LogP contribution in [0.2, 0.25) is 0 Å². The van der Waals surface area contributed by atoms with Crippen LogP contribution in [-0.4, -0.2) is 6.03 Å². The second kappa shape index (κ2) is 8.17. The van der Waals surface area contributed by atoms with Gasteiger partial charge in [0, 0.05) is 16.0 Å². The van der Waals surface area contributed by atoms with Crippen molar-refractivity contribution in [2.45, 2.75) is 23.1 Å². The summed E-state index contributed by atoms with van der Waals surface area (Å²) in [5.74, 6) is 0. The molecule has 0 aromatic heterocycles. The maximum Gasteiger partial charge on any atom is 0.323 e. The molecule has 0 bridgehead atoms. The topological polar surface area (TPSA) is 41.1 Å². The van der Waals surface area contributed by atoms with Crippen LogP contribution in [0.1, 0.15) is 13.3 Å². The van der Waals surface area contributed by atoms with Crippen LogP contribution in [-0.2, 0) is 0 Å². The molecule has 2 rings (SSSR count). The first-order valence-electron chi connectivity index (χ1n) is 6.84.